The molecule has 2 nitrogen and oxygen atoms in total. The molecule has 0 aliphatic carbocycles. The molecule has 3 aromatic rings. The molecular weight excluding hydrogens is 356 g/mol. The first-order valence-corrected chi connectivity index (χ1v) is 10.0. The second-order valence-electron chi connectivity index (χ2n) is 8.12. The van der Waals surface area contributed by atoms with Gasteiger partial charge in [-0.25, -0.2) is 0 Å². The molecule has 0 heterocycles. The summed E-state index contributed by atoms with van der Waals surface area (Å²) in [4.78, 5) is 25.5. The van der Waals surface area contributed by atoms with Crippen LogP contribution in [0.5, 0.6) is 0 Å². The maximum Gasteiger partial charge on any atom is 0.167 e. The average Bonchev–Trinajstić information content (AvgIpc) is 2.65. The molecule has 0 aromatic heterocycles. The Labute approximate surface area is 173 Å². The quantitative estimate of drug-likeness (QED) is 0.483. The third-order valence-corrected chi connectivity index (χ3v) is 5.58. The summed E-state index contributed by atoms with van der Waals surface area (Å²) in [5.74, 6) is 0.204. The van der Waals surface area contributed by atoms with Crippen LogP contribution in [0.3, 0.4) is 0 Å². The van der Waals surface area contributed by atoms with Crippen molar-refractivity contribution >= 4 is 11.6 Å². The molecule has 0 bridgehead atoms. The van der Waals surface area contributed by atoms with Crippen LogP contribution in [0.1, 0.15) is 59.7 Å². The van der Waals surface area contributed by atoms with E-state index in [2.05, 4.69) is 0 Å². The van der Waals surface area contributed by atoms with Crippen molar-refractivity contribution in [3.8, 4) is 0 Å². The van der Waals surface area contributed by atoms with Crippen molar-refractivity contribution in [3.05, 3.63) is 105 Å². The summed E-state index contributed by atoms with van der Waals surface area (Å²) >= 11 is 0. The summed E-state index contributed by atoms with van der Waals surface area (Å²) in [7, 11) is 0. The summed E-state index contributed by atoms with van der Waals surface area (Å²) in [6.45, 7) is 10.1. The van der Waals surface area contributed by atoms with Crippen molar-refractivity contribution in [2.45, 2.75) is 47.5 Å². The average molecular weight is 385 g/mol. The molecule has 2 heteroatoms. The molecule has 0 radical (unpaired) electrons. The summed E-state index contributed by atoms with van der Waals surface area (Å²) in [5, 5.41) is 0. The molecule has 0 unspecified atom stereocenters. The van der Waals surface area contributed by atoms with Crippen LogP contribution in [0.25, 0.3) is 0 Å². The van der Waals surface area contributed by atoms with Gasteiger partial charge in [0.15, 0.2) is 11.6 Å². The lowest BCUT2D eigenvalue weighted by Crippen LogP contribution is -2.07. The van der Waals surface area contributed by atoms with Crippen LogP contribution in [0.4, 0.5) is 0 Å². The van der Waals surface area contributed by atoms with Gasteiger partial charge < -0.3 is 0 Å². The van der Waals surface area contributed by atoms with E-state index in [-0.39, 0.29) is 11.6 Å². The molecular formula is C27H28O2. The van der Waals surface area contributed by atoms with Gasteiger partial charge >= 0.3 is 0 Å². The van der Waals surface area contributed by atoms with Gasteiger partial charge in [-0.3, -0.25) is 9.59 Å². The molecule has 0 saturated heterocycles. The third-order valence-electron chi connectivity index (χ3n) is 5.58. The molecule has 29 heavy (non-hydrogen) atoms. The van der Waals surface area contributed by atoms with Gasteiger partial charge in [-0.15, -0.1) is 0 Å². The minimum absolute atomic E-state index is 0.102. The summed E-state index contributed by atoms with van der Waals surface area (Å²) in [6.07, 6.45) is 0.685. The maximum absolute atomic E-state index is 12.7. The topological polar surface area (TPSA) is 34.1 Å². The number of Topliss-reactive ketones (excluding diaryl/α,β-unsaturated/α-hetero) is 2. The number of rotatable bonds is 6. The summed E-state index contributed by atoms with van der Waals surface area (Å²) in [6, 6.07) is 17.7. The van der Waals surface area contributed by atoms with Gasteiger partial charge in [0.05, 0.1) is 0 Å². The van der Waals surface area contributed by atoms with Crippen molar-refractivity contribution in [1.29, 1.82) is 0 Å². The first kappa shape index (κ1) is 20.7. The van der Waals surface area contributed by atoms with Crippen LogP contribution < -0.4 is 0 Å². The van der Waals surface area contributed by atoms with E-state index in [0.29, 0.717) is 12.8 Å². The van der Waals surface area contributed by atoms with Crippen molar-refractivity contribution in [1.82, 2.24) is 0 Å². The Hall–Kier alpha value is -3.00. The van der Waals surface area contributed by atoms with E-state index in [0.717, 1.165) is 38.9 Å². The molecule has 0 fully saturated rings. The monoisotopic (exact) mass is 384 g/mol. The fourth-order valence-corrected chi connectivity index (χ4v) is 3.56. The Morgan fingerprint density at radius 2 is 0.966 bits per heavy atom. The molecule has 0 amide bonds. The van der Waals surface area contributed by atoms with E-state index in [1.54, 1.807) is 0 Å². The van der Waals surface area contributed by atoms with Gasteiger partial charge in [-0.1, -0.05) is 48.0 Å². The smallest absolute Gasteiger partial charge is 0.167 e. The molecule has 3 aromatic carbocycles. The predicted octanol–water partition coefficient (Wildman–Crippen LogP) is 6.08. The molecule has 148 valence electrons. The van der Waals surface area contributed by atoms with Crippen LogP contribution in [-0.2, 0) is 12.8 Å². The molecule has 3 rings (SSSR count). The van der Waals surface area contributed by atoms with E-state index in [1.165, 1.54) is 11.1 Å². The fourth-order valence-electron chi connectivity index (χ4n) is 3.56. The standard InChI is InChI=1S/C27H28O2/c1-17-10-22(15-26(28)24-8-6-18(2)20(4)12-24)14-23(11-17)16-27(29)25-9-7-19(3)21(5)13-25/h6-14H,15-16H2,1-5H3. The minimum Gasteiger partial charge on any atom is -0.294 e. The molecule has 0 N–H and O–H groups in total. The highest BCUT2D eigenvalue weighted by atomic mass is 16.1. The molecule has 0 atom stereocenters. The Balaban J connectivity index is 1.78. The number of aryl methyl sites for hydroxylation is 5. The second-order valence-corrected chi connectivity index (χ2v) is 8.12. The van der Waals surface area contributed by atoms with E-state index < -0.39 is 0 Å². The largest absolute Gasteiger partial charge is 0.294 e. The van der Waals surface area contributed by atoms with E-state index in [9.17, 15) is 9.59 Å². The minimum atomic E-state index is 0.102. The van der Waals surface area contributed by atoms with E-state index in [1.807, 2.05) is 89.2 Å². The van der Waals surface area contributed by atoms with Crippen LogP contribution in [0, 0.1) is 34.6 Å². The number of benzene rings is 3. The van der Waals surface area contributed by atoms with Gasteiger partial charge in [0.25, 0.3) is 0 Å². The molecule has 0 spiro atoms. The highest BCUT2D eigenvalue weighted by Crippen LogP contribution is 2.18. The Kier molecular flexibility index (Phi) is 6.12. The fraction of sp³-hybridized carbons (Fsp3) is 0.259. The van der Waals surface area contributed by atoms with Crippen molar-refractivity contribution in [2.24, 2.45) is 0 Å². The van der Waals surface area contributed by atoms with Crippen LogP contribution >= 0.6 is 0 Å². The van der Waals surface area contributed by atoms with E-state index in [4.69, 9.17) is 0 Å². The maximum atomic E-state index is 12.7. The van der Waals surface area contributed by atoms with Gasteiger partial charge in [0, 0.05) is 24.0 Å². The Morgan fingerprint density at radius 3 is 1.34 bits per heavy atom. The lowest BCUT2D eigenvalue weighted by Gasteiger charge is -2.09. The van der Waals surface area contributed by atoms with Gasteiger partial charge in [-0.2, -0.15) is 0 Å². The number of carbonyl (C=O) groups excluding carboxylic acids is 2. The second kappa shape index (κ2) is 8.57. The van der Waals surface area contributed by atoms with E-state index >= 15 is 0 Å². The zero-order valence-electron chi connectivity index (χ0n) is 17.9. The lowest BCUT2D eigenvalue weighted by molar-refractivity contribution is 0.0986. The number of hydrogen-bond donors (Lipinski definition) is 0. The summed E-state index contributed by atoms with van der Waals surface area (Å²) in [5.41, 5.74) is 9.07. The highest BCUT2D eigenvalue weighted by Gasteiger charge is 2.12. The number of ketones is 2. The first-order chi connectivity index (χ1) is 13.7. The molecule has 0 aliphatic heterocycles. The van der Waals surface area contributed by atoms with Crippen molar-refractivity contribution in [2.75, 3.05) is 0 Å². The highest BCUT2D eigenvalue weighted by molar-refractivity contribution is 5.99. The van der Waals surface area contributed by atoms with Crippen molar-refractivity contribution < 1.29 is 9.59 Å². The molecule has 0 aliphatic rings. The van der Waals surface area contributed by atoms with Crippen LogP contribution in [-0.4, -0.2) is 11.6 Å². The third kappa shape index (κ3) is 5.08. The Morgan fingerprint density at radius 1 is 0.552 bits per heavy atom. The SMILES string of the molecule is Cc1cc(CC(=O)c2ccc(C)c(C)c2)cc(CC(=O)c2ccc(C)c(C)c2)c1. The normalized spacial score (nSPS) is 10.8. The van der Waals surface area contributed by atoms with Gasteiger partial charge in [0.1, 0.15) is 0 Å². The zero-order chi connectivity index (χ0) is 21.1. The molecule has 0 saturated carbocycles. The predicted molar refractivity (Wildman–Crippen MR) is 119 cm³/mol. The van der Waals surface area contributed by atoms with Crippen LogP contribution in [0.2, 0.25) is 0 Å². The van der Waals surface area contributed by atoms with Crippen molar-refractivity contribution in [3.63, 3.8) is 0 Å². The van der Waals surface area contributed by atoms with Crippen LogP contribution in [0.15, 0.2) is 54.6 Å². The van der Waals surface area contributed by atoms with Gasteiger partial charge in [0.2, 0.25) is 0 Å². The zero-order valence-corrected chi connectivity index (χ0v) is 17.9. The lowest BCUT2D eigenvalue weighted by atomic mass is 9.94. The van der Waals surface area contributed by atoms with Gasteiger partial charge in [-0.05, 0) is 80.1 Å². The number of hydrogen-bond acceptors (Lipinski definition) is 2. The first-order valence-electron chi connectivity index (χ1n) is 10.0. The summed E-state index contributed by atoms with van der Waals surface area (Å²) < 4.78 is 0. The number of carbonyl (C=O) groups is 2. The Bertz CT molecular complexity index is 1010.